The van der Waals surface area contributed by atoms with Crippen LogP contribution in [0.5, 0.6) is 5.75 Å². The summed E-state index contributed by atoms with van der Waals surface area (Å²) in [6.45, 7) is 3.51. The Kier molecular flexibility index (Phi) is 5.98. The van der Waals surface area contributed by atoms with Crippen molar-refractivity contribution in [1.29, 1.82) is 0 Å². The number of benzene rings is 3. The molecule has 35 heavy (non-hydrogen) atoms. The monoisotopic (exact) mass is 490 g/mol. The van der Waals surface area contributed by atoms with Crippen LogP contribution in [-0.2, 0) is 27.7 Å². The number of rotatable bonds is 8. The van der Waals surface area contributed by atoms with Crippen LogP contribution in [0.2, 0.25) is 0 Å². The van der Waals surface area contributed by atoms with Gasteiger partial charge in [0.1, 0.15) is 12.4 Å². The van der Waals surface area contributed by atoms with Crippen molar-refractivity contribution in [2.24, 2.45) is 0 Å². The molecule has 0 bridgehead atoms. The number of hydrogen-bond acceptors (Lipinski definition) is 5. The summed E-state index contributed by atoms with van der Waals surface area (Å²) in [6, 6.07) is 21.9. The normalized spacial score (nSPS) is 15.3. The predicted molar refractivity (Wildman–Crippen MR) is 135 cm³/mol. The summed E-state index contributed by atoms with van der Waals surface area (Å²) < 4.78 is 34.0. The SMILES string of the molecule is CCN1c2ccccc2C[C@@H]1COc1ccc(S(=O)(=O)n2cc(CC(=O)O)c3ccccc32)cc1. The second-order valence-corrected chi connectivity index (χ2v) is 10.4. The van der Waals surface area contributed by atoms with Gasteiger partial charge >= 0.3 is 5.97 Å². The van der Waals surface area contributed by atoms with Gasteiger partial charge < -0.3 is 14.7 Å². The molecule has 8 heteroatoms. The van der Waals surface area contributed by atoms with Gasteiger partial charge in [0, 0.05) is 23.8 Å². The van der Waals surface area contributed by atoms with Crippen LogP contribution in [0.3, 0.4) is 0 Å². The second kappa shape index (κ2) is 9.11. The lowest BCUT2D eigenvalue weighted by molar-refractivity contribution is -0.136. The van der Waals surface area contributed by atoms with E-state index in [0.29, 0.717) is 28.8 Å². The van der Waals surface area contributed by atoms with Crippen molar-refractivity contribution in [2.75, 3.05) is 18.1 Å². The van der Waals surface area contributed by atoms with Gasteiger partial charge in [-0.3, -0.25) is 4.79 Å². The Morgan fingerprint density at radius 2 is 1.74 bits per heavy atom. The molecule has 0 unspecified atom stereocenters. The maximum Gasteiger partial charge on any atom is 0.307 e. The van der Waals surface area contributed by atoms with Gasteiger partial charge in [-0.25, -0.2) is 12.4 Å². The largest absolute Gasteiger partial charge is 0.491 e. The van der Waals surface area contributed by atoms with Crippen LogP contribution in [0.4, 0.5) is 5.69 Å². The van der Waals surface area contributed by atoms with Gasteiger partial charge in [0.15, 0.2) is 0 Å². The molecule has 1 aliphatic rings. The van der Waals surface area contributed by atoms with Crippen LogP contribution in [0.15, 0.2) is 83.9 Å². The third-order valence-corrected chi connectivity index (χ3v) is 8.15. The Morgan fingerprint density at radius 3 is 2.49 bits per heavy atom. The minimum atomic E-state index is -3.92. The van der Waals surface area contributed by atoms with Crippen LogP contribution < -0.4 is 9.64 Å². The predicted octanol–water partition coefficient (Wildman–Crippen LogP) is 4.34. The van der Waals surface area contributed by atoms with Crippen molar-refractivity contribution in [1.82, 2.24) is 3.97 Å². The molecule has 180 valence electrons. The number of para-hydroxylation sites is 2. The summed E-state index contributed by atoms with van der Waals surface area (Å²) in [6.07, 6.45) is 2.06. The lowest BCUT2D eigenvalue weighted by Gasteiger charge is -2.26. The molecule has 0 aliphatic carbocycles. The van der Waals surface area contributed by atoms with Gasteiger partial charge in [0.25, 0.3) is 10.0 Å². The van der Waals surface area contributed by atoms with Gasteiger partial charge in [-0.05, 0) is 60.9 Å². The summed E-state index contributed by atoms with van der Waals surface area (Å²) in [5.74, 6) is -0.418. The van der Waals surface area contributed by atoms with Crippen molar-refractivity contribution in [3.63, 3.8) is 0 Å². The Hall–Kier alpha value is -3.78. The van der Waals surface area contributed by atoms with E-state index in [1.165, 1.54) is 29.6 Å². The van der Waals surface area contributed by atoms with Crippen molar-refractivity contribution in [3.8, 4) is 5.75 Å². The molecule has 5 rings (SSSR count). The summed E-state index contributed by atoms with van der Waals surface area (Å²) >= 11 is 0. The van der Waals surface area contributed by atoms with Gasteiger partial charge in [-0.2, -0.15) is 0 Å². The molecule has 1 aliphatic heterocycles. The molecule has 7 nitrogen and oxygen atoms in total. The molecular formula is C27H26N2O5S. The van der Waals surface area contributed by atoms with Gasteiger partial charge in [-0.1, -0.05) is 36.4 Å². The zero-order valence-electron chi connectivity index (χ0n) is 19.3. The average molecular weight is 491 g/mol. The molecule has 1 N–H and O–H groups in total. The average Bonchev–Trinajstić information content (AvgIpc) is 3.41. The van der Waals surface area contributed by atoms with Crippen LogP contribution in [0.25, 0.3) is 10.9 Å². The van der Waals surface area contributed by atoms with Crippen LogP contribution in [0, 0.1) is 0 Å². The number of aromatic nitrogens is 1. The quantitative estimate of drug-likeness (QED) is 0.395. The van der Waals surface area contributed by atoms with Gasteiger partial charge in [0.2, 0.25) is 0 Å². The van der Waals surface area contributed by atoms with E-state index in [0.717, 1.165) is 16.9 Å². The molecule has 0 saturated carbocycles. The number of ether oxygens (including phenoxy) is 1. The van der Waals surface area contributed by atoms with Crippen LogP contribution >= 0.6 is 0 Å². The number of fused-ring (bicyclic) bond motifs is 2. The highest BCUT2D eigenvalue weighted by Gasteiger charge is 2.28. The Balaban J connectivity index is 1.35. The topological polar surface area (TPSA) is 88.8 Å². The molecule has 1 aromatic heterocycles. The first-order valence-corrected chi connectivity index (χ1v) is 13.0. The number of likely N-dealkylation sites (N-methyl/N-ethyl adjacent to an activating group) is 1. The van der Waals surface area contributed by atoms with E-state index in [1.54, 1.807) is 36.4 Å². The molecule has 1 atom stereocenters. The maximum absolute atomic E-state index is 13.4. The van der Waals surface area contributed by atoms with Gasteiger partial charge in [0.05, 0.1) is 22.9 Å². The Bertz CT molecular complexity index is 1490. The van der Waals surface area contributed by atoms with Crippen molar-refractivity contribution in [3.05, 3.63) is 90.1 Å². The number of aliphatic carboxylic acids is 1. The highest BCUT2D eigenvalue weighted by Crippen LogP contribution is 2.32. The van der Waals surface area contributed by atoms with Crippen molar-refractivity contribution >= 4 is 32.6 Å². The zero-order chi connectivity index (χ0) is 24.6. The third kappa shape index (κ3) is 4.25. The minimum absolute atomic E-state index is 0.107. The van der Waals surface area contributed by atoms with E-state index in [4.69, 9.17) is 4.74 Å². The van der Waals surface area contributed by atoms with Crippen molar-refractivity contribution < 1.29 is 23.1 Å². The maximum atomic E-state index is 13.4. The van der Waals surface area contributed by atoms with E-state index in [-0.39, 0.29) is 17.4 Å². The molecule has 2 heterocycles. The number of carboxylic acid groups (broad SMARTS) is 1. The number of nitrogens with zero attached hydrogens (tertiary/aromatic N) is 2. The number of anilines is 1. The molecule has 0 saturated heterocycles. The van der Waals surface area contributed by atoms with E-state index in [9.17, 15) is 18.3 Å². The summed E-state index contributed by atoms with van der Waals surface area (Å²) in [7, 11) is -3.92. The first kappa shape index (κ1) is 23.0. The molecule has 0 spiro atoms. The highest BCUT2D eigenvalue weighted by atomic mass is 32.2. The van der Waals surface area contributed by atoms with E-state index in [2.05, 4.69) is 24.0 Å². The highest BCUT2D eigenvalue weighted by molar-refractivity contribution is 7.90. The van der Waals surface area contributed by atoms with Crippen molar-refractivity contribution in [2.45, 2.75) is 30.7 Å². The standard InChI is InChI=1S/C27H26N2O5S/c1-2-28-21(15-19-7-3-5-9-25(19)28)18-34-22-11-13-23(14-12-22)35(32,33)29-17-20(16-27(30)31)24-8-4-6-10-26(24)29/h3-14,17,21H,2,15-16,18H2,1H3,(H,30,31)/t21-/m1/s1. The first-order valence-electron chi connectivity index (χ1n) is 11.5. The molecule has 0 amide bonds. The van der Waals surface area contributed by atoms with E-state index < -0.39 is 16.0 Å². The second-order valence-electron chi connectivity index (χ2n) is 8.60. The van der Waals surface area contributed by atoms with Gasteiger partial charge in [-0.15, -0.1) is 0 Å². The zero-order valence-corrected chi connectivity index (χ0v) is 20.1. The molecule has 0 radical (unpaired) electrons. The van der Waals surface area contributed by atoms with E-state index in [1.807, 2.05) is 12.1 Å². The molecule has 3 aromatic carbocycles. The number of carboxylic acids is 1. The fraction of sp³-hybridized carbons (Fsp3) is 0.222. The third-order valence-electron chi connectivity index (χ3n) is 6.46. The molecule has 4 aromatic rings. The lowest BCUT2D eigenvalue weighted by atomic mass is 10.1. The van der Waals surface area contributed by atoms with E-state index >= 15 is 0 Å². The molecule has 0 fully saturated rings. The fourth-order valence-corrected chi connectivity index (χ4v) is 6.23. The smallest absolute Gasteiger partial charge is 0.307 e. The Labute approximate surface area is 204 Å². The summed E-state index contributed by atoms with van der Waals surface area (Å²) in [4.78, 5) is 13.7. The summed E-state index contributed by atoms with van der Waals surface area (Å²) in [5, 5.41) is 9.83. The number of carbonyl (C=O) groups is 1. The fourth-order valence-electron chi connectivity index (χ4n) is 4.84. The summed E-state index contributed by atoms with van der Waals surface area (Å²) in [5.41, 5.74) is 3.45. The Morgan fingerprint density at radius 1 is 1.03 bits per heavy atom. The van der Waals surface area contributed by atoms with Crippen LogP contribution in [-0.4, -0.2) is 42.7 Å². The lowest BCUT2D eigenvalue weighted by Crippen LogP contribution is -2.36. The number of hydrogen-bond donors (Lipinski definition) is 1. The molecular weight excluding hydrogens is 464 g/mol. The minimum Gasteiger partial charge on any atom is -0.491 e. The first-order chi connectivity index (χ1) is 16.9. The van der Waals surface area contributed by atoms with Crippen LogP contribution in [0.1, 0.15) is 18.1 Å².